The molecule has 0 radical (unpaired) electrons. The van der Waals surface area contributed by atoms with Crippen molar-refractivity contribution in [1.29, 1.82) is 0 Å². The molecule has 0 aromatic heterocycles. The molecule has 0 saturated carbocycles. The number of aliphatic hydroxyl groups is 3. The quantitative estimate of drug-likeness (QED) is 0.420. The van der Waals surface area contributed by atoms with E-state index in [1.54, 1.807) is 6.92 Å². The molecular weight excluding hydrogens is 112 g/mol. The summed E-state index contributed by atoms with van der Waals surface area (Å²) >= 11 is 0. The SMILES string of the molecule is CCCOC(O)(O)O. The van der Waals surface area contributed by atoms with Crippen molar-refractivity contribution in [3.63, 3.8) is 0 Å². The smallest absolute Gasteiger partial charge is 0.319 e. The van der Waals surface area contributed by atoms with Crippen molar-refractivity contribution in [2.24, 2.45) is 0 Å². The van der Waals surface area contributed by atoms with Crippen molar-refractivity contribution in [1.82, 2.24) is 0 Å². The van der Waals surface area contributed by atoms with Crippen LogP contribution in [-0.4, -0.2) is 28.1 Å². The van der Waals surface area contributed by atoms with E-state index < -0.39 is 6.16 Å². The van der Waals surface area contributed by atoms with Gasteiger partial charge < -0.3 is 20.1 Å². The zero-order valence-electron chi connectivity index (χ0n) is 4.66. The second-order valence-corrected chi connectivity index (χ2v) is 1.42. The highest BCUT2D eigenvalue weighted by Gasteiger charge is 2.17. The third-order valence-corrected chi connectivity index (χ3v) is 0.500. The minimum atomic E-state index is -2.95. The van der Waals surface area contributed by atoms with E-state index in [1.807, 2.05) is 0 Å². The molecule has 4 heteroatoms. The lowest BCUT2D eigenvalue weighted by Crippen LogP contribution is -2.31. The maximum Gasteiger partial charge on any atom is 0.404 e. The van der Waals surface area contributed by atoms with Gasteiger partial charge >= 0.3 is 6.16 Å². The Morgan fingerprint density at radius 2 is 1.88 bits per heavy atom. The summed E-state index contributed by atoms with van der Waals surface area (Å²) in [5, 5.41) is 24.1. The van der Waals surface area contributed by atoms with Crippen LogP contribution in [0.3, 0.4) is 0 Å². The van der Waals surface area contributed by atoms with Gasteiger partial charge in [-0.05, 0) is 6.42 Å². The summed E-state index contributed by atoms with van der Waals surface area (Å²) in [6.45, 7) is 1.91. The van der Waals surface area contributed by atoms with Crippen LogP contribution >= 0.6 is 0 Å². The lowest BCUT2D eigenvalue weighted by Gasteiger charge is -2.12. The molecular formula is C4H10O4. The van der Waals surface area contributed by atoms with Crippen molar-refractivity contribution >= 4 is 0 Å². The normalized spacial score (nSPS) is 12.0. The van der Waals surface area contributed by atoms with Crippen LogP contribution < -0.4 is 0 Å². The Balaban J connectivity index is 3.11. The first-order valence-corrected chi connectivity index (χ1v) is 2.37. The fourth-order valence-electron chi connectivity index (χ4n) is 0.239. The number of rotatable bonds is 3. The first-order chi connectivity index (χ1) is 3.56. The third kappa shape index (κ3) is 5.84. The Bertz CT molecular complexity index is 55.5. The zero-order chi connectivity index (χ0) is 6.62. The second-order valence-electron chi connectivity index (χ2n) is 1.42. The molecule has 0 aromatic carbocycles. The van der Waals surface area contributed by atoms with Crippen LogP contribution in [0.5, 0.6) is 0 Å². The number of hydrogen-bond acceptors (Lipinski definition) is 4. The lowest BCUT2D eigenvalue weighted by atomic mass is 10.5. The molecule has 0 aliphatic carbocycles. The number of hydrogen-bond donors (Lipinski definition) is 3. The third-order valence-electron chi connectivity index (χ3n) is 0.500. The summed E-state index contributed by atoms with van der Waals surface area (Å²) in [7, 11) is 0. The number of ether oxygens (including phenoxy) is 1. The van der Waals surface area contributed by atoms with E-state index in [4.69, 9.17) is 15.3 Å². The van der Waals surface area contributed by atoms with Gasteiger partial charge in [0.05, 0.1) is 6.61 Å². The van der Waals surface area contributed by atoms with E-state index in [1.165, 1.54) is 0 Å². The van der Waals surface area contributed by atoms with E-state index in [0.29, 0.717) is 6.42 Å². The average Bonchev–Trinajstić information content (AvgIpc) is 1.59. The van der Waals surface area contributed by atoms with Gasteiger partial charge in [-0.25, -0.2) is 0 Å². The molecule has 8 heavy (non-hydrogen) atoms. The Kier molecular flexibility index (Phi) is 2.93. The lowest BCUT2D eigenvalue weighted by molar-refractivity contribution is -0.454. The van der Waals surface area contributed by atoms with E-state index in [0.717, 1.165) is 0 Å². The molecule has 0 aliphatic heterocycles. The Labute approximate surface area is 47.3 Å². The van der Waals surface area contributed by atoms with Crippen molar-refractivity contribution in [3.05, 3.63) is 0 Å². The first-order valence-electron chi connectivity index (χ1n) is 2.37. The van der Waals surface area contributed by atoms with Gasteiger partial charge in [-0.2, -0.15) is 0 Å². The van der Waals surface area contributed by atoms with Gasteiger partial charge in [0.1, 0.15) is 0 Å². The Morgan fingerprint density at radius 3 is 2.00 bits per heavy atom. The molecule has 3 N–H and O–H groups in total. The Morgan fingerprint density at radius 1 is 1.38 bits per heavy atom. The summed E-state index contributed by atoms with van der Waals surface area (Å²) in [6.07, 6.45) is -2.32. The van der Waals surface area contributed by atoms with Crippen LogP contribution in [0.25, 0.3) is 0 Å². The summed E-state index contributed by atoms with van der Waals surface area (Å²) in [6, 6.07) is 0. The van der Waals surface area contributed by atoms with Gasteiger partial charge in [0.25, 0.3) is 0 Å². The van der Waals surface area contributed by atoms with Crippen LogP contribution in [0.15, 0.2) is 0 Å². The molecule has 0 heterocycles. The average molecular weight is 122 g/mol. The summed E-state index contributed by atoms with van der Waals surface area (Å²) in [5.74, 6) is 0. The second kappa shape index (κ2) is 2.99. The fraction of sp³-hybridized carbons (Fsp3) is 1.00. The monoisotopic (exact) mass is 122 g/mol. The molecule has 0 rings (SSSR count). The molecule has 0 amide bonds. The molecule has 0 spiro atoms. The van der Waals surface area contributed by atoms with Gasteiger partial charge in [0.15, 0.2) is 0 Å². The summed E-state index contributed by atoms with van der Waals surface area (Å²) in [5.41, 5.74) is 0. The minimum Gasteiger partial charge on any atom is -0.319 e. The largest absolute Gasteiger partial charge is 0.404 e. The molecule has 0 fully saturated rings. The molecule has 0 atom stereocenters. The Hall–Kier alpha value is -0.160. The van der Waals surface area contributed by atoms with E-state index in [9.17, 15) is 0 Å². The molecule has 0 bridgehead atoms. The maximum atomic E-state index is 8.04. The van der Waals surface area contributed by atoms with Gasteiger partial charge in [-0.1, -0.05) is 6.92 Å². The van der Waals surface area contributed by atoms with E-state index >= 15 is 0 Å². The van der Waals surface area contributed by atoms with Crippen molar-refractivity contribution in [2.45, 2.75) is 19.5 Å². The predicted molar refractivity (Wildman–Crippen MR) is 25.6 cm³/mol. The van der Waals surface area contributed by atoms with Crippen LogP contribution in [0.4, 0.5) is 0 Å². The van der Waals surface area contributed by atoms with E-state index in [2.05, 4.69) is 4.74 Å². The summed E-state index contributed by atoms with van der Waals surface area (Å²) in [4.78, 5) is 0. The van der Waals surface area contributed by atoms with Crippen LogP contribution in [0.2, 0.25) is 0 Å². The molecule has 0 aromatic rings. The van der Waals surface area contributed by atoms with Crippen LogP contribution in [0.1, 0.15) is 13.3 Å². The van der Waals surface area contributed by atoms with Gasteiger partial charge in [-0.15, -0.1) is 0 Å². The molecule has 0 saturated heterocycles. The molecule has 0 aliphatic rings. The molecule has 0 unspecified atom stereocenters. The highest BCUT2D eigenvalue weighted by molar-refractivity contribution is 4.25. The van der Waals surface area contributed by atoms with Crippen molar-refractivity contribution in [2.75, 3.05) is 6.61 Å². The molecule has 4 nitrogen and oxygen atoms in total. The predicted octanol–water partition coefficient (Wildman–Crippen LogP) is -0.999. The van der Waals surface area contributed by atoms with Crippen molar-refractivity contribution < 1.29 is 20.1 Å². The maximum absolute atomic E-state index is 8.04. The fourth-order valence-corrected chi connectivity index (χ4v) is 0.239. The van der Waals surface area contributed by atoms with Crippen LogP contribution in [0, 0.1) is 0 Å². The highest BCUT2D eigenvalue weighted by atomic mass is 16.9. The van der Waals surface area contributed by atoms with Gasteiger partial charge in [-0.3, -0.25) is 0 Å². The summed E-state index contributed by atoms with van der Waals surface area (Å²) < 4.78 is 4.05. The van der Waals surface area contributed by atoms with E-state index in [-0.39, 0.29) is 6.61 Å². The first kappa shape index (κ1) is 7.84. The minimum absolute atomic E-state index is 0.128. The zero-order valence-corrected chi connectivity index (χ0v) is 4.66. The van der Waals surface area contributed by atoms with Gasteiger partial charge in [0.2, 0.25) is 0 Å². The van der Waals surface area contributed by atoms with Gasteiger partial charge in [0, 0.05) is 0 Å². The molecule has 50 valence electrons. The highest BCUT2D eigenvalue weighted by Crippen LogP contribution is 1.94. The standard InChI is InChI=1S/C4H10O4/c1-2-3-8-4(5,6)7/h5-7H,2-3H2,1H3. The van der Waals surface area contributed by atoms with Crippen molar-refractivity contribution in [3.8, 4) is 0 Å². The topological polar surface area (TPSA) is 69.9 Å². The van der Waals surface area contributed by atoms with Crippen LogP contribution in [-0.2, 0) is 4.74 Å².